The molecule has 0 radical (unpaired) electrons. The summed E-state index contributed by atoms with van der Waals surface area (Å²) in [5, 5.41) is 0. The van der Waals surface area contributed by atoms with Crippen LogP contribution >= 0.6 is 0 Å². The number of nitrogens with zero attached hydrogens (tertiary/aromatic N) is 3. The molecule has 0 unspecified atom stereocenters. The van der Waals surface area contributed by atoms with Gasteiger partial charge in [0.25, 0.3) is 0 Å². The highest BCUT2D eigenvalue weighted by atomic mass is 16.2. The molecular weight excluding hydrogens is 394 g/mol. The average molecular weight is 454 g/mol. The third kappa shape index (κ3) is 22.6. The lowest BCUT2D eigenvalue weighted by molar-refractivity contribution is -0.131. The van der Waals surface area contributed by atoms with Gasteiger partial charge in [-0.3, -0.25) is 4.79 Å². The van der Waals surface area contributed by atoms with Gasteiger partial charge in [-0.25, -0.2) is 0 Å². The summed E-state index contributed by atoms with van der Waals surface area (Å²) in [5.74, 6) is 0.391. The van der Waals surface area contributed by atoms with Crippen molar-refractivity contribution in [3.05, 3.63) is 0 Å². The maximum Gasteiger partial charge on any atom is 0.222 e. The Bertz CT molecular complexity index is 382. The zero-order valence-corrected chi connectivity index (χ0v) is 22.8. The summed E-state index contributed by atoms with van der Waals surface area (Å²) < 4.78 is 0. The van der Waals surface area contributed by atoms with Crippen LogP contribution in [0.2, 0.25) is 0 Å². The molecule has 0 bridgehead atoms. The Morgan fingerprint density at radius 3 is 1.19 bits per heavy atom. The van der Waals surface area contributed by atoms with Crippen LogP contribution in [-0.2, 0) is 4.79 Å². The number of unbranched alkanes of at least 4 members (excludes halogenated alkanes) is 14. The second-order valence-electron chi connectivity index (χ2n) is 10.4. The van der Waals surface area contributed by atoms with Gasteiger partial charge >= 0.3 is 0 Å². The number of rotatable bonds is 24. The second-order valence-corrected chi connectivity index (χ2v) is 10.4. The summed E-state index contributed by atoms with van der Waals surface area (Å²) in [6.07, 6.45) is 23.0. The van der Waals surface area contributed by atoms with Crippen LogP contribution in [0.1, 0.15) is 122 Å². The Labute approximate surface area is 202 Å². The normalized spacial score (nSPS) is 11.6. The molecule has 4 heteroatoms. The van der Waals surface area contributed by atoms with Crippen LogP contribution in [-0.4, -0.2) is 75.0 Å². The smallest absolute Gasteiger partial charge is 0.222 e. The van der Waals surface area contributed by atoms with Crippen molar-refractivity contribution in [2.24, 2.45) is 0 Å². The molecule has 0 spiro atoms. The number of amides is 1. The SMILES string of the molecule is CCCCCCCCCCCCCCCC(=O)N(CCCCN(C)C)CCCCN(C)C. The van der Waals surface area contributed by atoms with E-state index in [2.05, 4.69) is 49.8 Å². The van der Waals surface area contributed by atoms with Crippen molar-refractivity contribution < 1.29 is 4.79 Å². The minimum Gasteiger partial charge on any atom is -0.343 e. The van der Waals surface area contributed by atoms with Crippen molar-refractivity contribution in [2.75, 3.05) is 54.4 Å². The average Bonchev–Trinajstić information content (AvgIpc) is 2.75. The van der Waals surface area contributed by atoms with Gasteiger partial charge < -0.3 is 14.7 Å². The van der Waals surface area contributed by atoms with Crippen LogP contribution in [0.3, 0.4) is 0 Å². The van der Waals surface area contributed by atoms with Crippen LogP contribution in [0.4, 0.5) is 0 Å². The van der Waals surface area contributed by atoms with E-state index in [4.69, 9.17) is 0 Å². The van der Waals surface area contributed by atoms with Crippen LogP contribution < -0.4 is 0 Å². The second kappa shape index (κ2) is 23.5. The van der Waals surface area contributed by atoms with Crippen LogP contribution in [0, 0.1) is 0 Å². The fourth-order valence-corrected chi connectivity index (χ4v) is 4.27. The van der Waals surface area contributed by atoms with E-state index < -0.39 is 0 Å². The molecule has 0 N–H and O–H groups in total. The maximum atomic E-state index is 12.8. The minimum atomic E-state index is 0.391. The monoisotopic (exact) mass is 453 g/mol. The molecule has 0 fully saturated rings. The number of hydrogen-bond donors (Lipinski definition) is 0. The first-order valence-electron chi connectivity index (χ1n) is 14.0. The number of carbonyl (C=O) groups is 1. The summed E-state index contributed by atoms with van der Waals surface area (Å²) in [4.78, 5) is 19.4. The summed E-state index contributed by atoms with van der Waals surface area (Å²) in [6.45, 7) is 6.39. The van der Waals surface area contributed by atoms with E-state index in [0.717, 1.165) is 51.9 Å². The topological polar surface area (TPSA) is 26.8 Å². The molecule has 0 saturated carbocycles. The third-order valence-electron chi connectivity index (χ3n) is 6.41. The number of hydrogen-bond acceptors (Lipinski definition) is 3. The van der Waals surface area contributed by atoms with Crippen molar-refractivity contribution >= 4 is 5.91 Å². The van der Waals surface area contributed by atoms with Gasteiger partial charge in [-0.2, -0.15) is 0 Å². The van der Waals surface area contributed by atoms with Crippen molar-refractivity contribution in [3.8, 4) is 0 Å². The van der Waals surface area contributed by atoms with E-state index in [0.29, 0.717) is 5.91 Å². The van der Waals surface area contributed by atoms with Crippen molar-refractivity contribution in [1.29, 1.82) is 0 Å². The zero-order valence-electron chi connectivity index (χ0n) is 22.8. The summed E-state index contributed by atoms with van der Waals surface area (Å²) >= 11 is 0. The molecule has 0 saturated heterocycles. The molecule has 4 nitrogen and oxygen atoms in total. The van der Waals surface area contributed by atoms with Gasteiger partial charge in [0.1, 0.15) is 0 Å². The summed E-state index contributed by atoms with van der Waals surface area (Å²) in [6, 6.07) is 0. The highest BCUT2D eigenvalue weighted by Crippen LogP contribution is 2.13. The standard InChI is InChI=1S/C28H59N3O/c1-6-7-8-9-10-11-12-13-14-15-16-17-18-23-28(32)31(26-21-19-24-29(2)3)27-22-20-25-30(4)5/h6-27H2,1-5H3. The predicted molar refractivity (Wildman–Crippen MR) is 142 cm³/mol. The van der Waals surface area contributed by atoms with Crippen molar-refractivity contribution in [3.63, 3.8) is 0 Å². The van der Waals surface area contributed by atoms with Gasteiger partial charge in [0.2, 0.25) is 5.91 Å². The van der Waals surface area contributed by atoms with Gasteiger partial charge in [0, 0.05) is 19.5 Å². The van der Waals surface area contributed by atoms with Crippen molar-refractivity contribution in [2.45, 2.75) is 122 Å². The third-order valence-corrected chi connectivity index (χ3v) is 6.41. The first-order valence-corrected chi connectivity index (χ1v) is 14.0. The highest BCUT2D eigenvalue weighted by Gasteiger charge is 2.12. The molecule has 0 aliphatic carbocycles. The molecule has 0 aliphatic rings. The van der Waals surface area contributed by atoms with Crippen LogP contribution in [0.5, 0.6) is 0 Å². The molecule has 192 valence electrons. The Morgan fingerprint density at radius 1 is 0.469 bits per heavy atom. The molecule has 1 amide bonds. The summed E-state index contributed by atoms with van der Waals surface area (Å²) in [5.41, 5.74) is 0. The molecule has 0 aromatic carbocycles. The van der Waals surface area contributed by atoms with E-state index in [9.17, 15) is 4.79 Å². The van der Waals surface area contributed by atoms with E-state index in [1.165, 1.54) is 89.9 Å². The Hall–Kier alpha value is -0.610. The van der Waals surface area contributed by atoms with Crippen LogP contribution in [0.15, 0.2) is 0 Å². The lowest BCUT2D eigenvalue weighted by Gasteiger charge is -2.23. The van der Waals surface area contributed by atoms with Gasteiger partial charge in [-0.05, 0) is 73.4 Å². The van der Waals surface area contributed by atoms with Gasteiger partial charge in [0.15, 0.2) is 0 Å². The largest absolute Gasteiger partial charge is 0.343 e. The Kier molecular flexibility index (Phi) is 23.1. The fraction of sp³-hybridized carbons (Fsp3) is 0.964. The fourth-order valence-electron chi connectivity index (χ4n) is 4.27. The van der Waals surface area contributed by atoms with E-state index in [1.807, 2.05) is 0 Å². The quantitative estimate of drug-likeness (QED) is 0.147. The predicted octanol–water partition coefficient (Wildman–Crippen LogP) is 6.98. The van der Waals surface area contributed by atoms with Crippen LogP contribution in [0.25, 0.3) is 0 Å². The zero-order chi connectivity index (χ0) is 23.9. The lowest BCUT2D eigenvalue weighted by Crippen LogP contribution is -2.33. The molecule has 0 aromatic rings. The first kappa shape index (κ1) is 31.4. The lowest BCUT2D eigenvalue weighted by atomic mass is 10.0. The Balaban J connectivity index is 3.83. The van der Waals surface area contributed by atoms with Gasteiger partial charge in [-0.15, -0.1) is 0 Å². The minimum absolute atomic E-state index is 0.391. The first-order chi connectivity index (χ1) is 15.5. The molecular formula is C28H59N3O. The molecule has 0 rings (SSSR count). The molecule has 0 aliphatic heterocycles. The Morgan fingerprint density at radius 2 is 0.812 bits per heavy atom. The van der Waals surface area contributed by atoms with E-state index in [1.54, 1.807) is 0 Å². The van der Waals surface area contributed by atoms with E-state index in [-0.39, 0.29) is 0 Å². The molecule has 32 heavy (non-hydrogen) atoms. The molecule has 0 heterocycles. The number of carbonyl (C=O) groups excluding carboxylic acids is 1. The van der Waals surface area contributed by atoms with Gasteiger partial charge in [-0.1, -0.05) is 84.0 Å². The highest BCUT2D eigenvalue weighted by molar-refractivity contribution is 5.76. The maximum absolute atomic E-state index is 12.8. The molecule has 0 aromatic heterocycles. The van der Waals surface area contributed by atoms with Gasteiger partial charge in [0.05, 0.1) is 0 Å². The molecule has 0 atom stereocenters. The summed E-state index contributed by atoms with van der Waals surface area (Å²) in [7, 11) is 8.50. The van der Waals surface area contributed by atoms with E-state index >= 15 is 0 Å². The van der Waals surface area contributed by atoms with Crippen molar-refractivity contribution in [1.82, 2.24) is 14.7 Å².